The van der Waals surface area contributed by atoms with Crippen molar-refractivity contribution in [2.75, 3.05) is 0 Å². The Morgan fingerprint density at radius 3 is 2.00 bits per heavy atom. The minimum Gasteiger partial charge on any atom is -0.369 e. The number of carbonyl (C=O) groups is 1. The predicted octanol–water partition coefficient (Wildman–Crippen LogP) is -1.53. The van der Waals surface area contributed by atoms with E-state index >= 15 is 0 Å². The summed E-state index contributed by atoms with van der Waals surface area (Å²) in [6.45, 7) is 1.24. The Morgan fingerprint density at radius 2 is 2.00 bits per heavy atom. The first-order valence-electron chi connectivity index (χ1n) is 1.98. The van der Waals surface area contributed by atoms with Crippen molar-refractivity contribution in [2.45, 2.75) is 12.2 Å². The molecular weight excluding hydrogens is 130 g/mol. The van der Waals surface area contributed by atoms with Gasteiger partial charge in [0.1, 0.15) is 5.25 Å². The molecule has 1 amide bonds. The zero-order chi connectivity index (χ0) is 6.73. The summed E-state index contributed by atoms with van der Waals surface area (Å²) in [6, 6.07) is 0. The molecule has 0 aliphatic heterocycles. The van der Waals surface area contributed by atoms with Crippen LogP contribution in [0.2, 0.25) is 0 Å². The minimum atomic E-state index is -2.68. The molecule has 0 bridgehead atoms. The van der Waals surface area contributed by atoms with E-state index in [1.807, 2.05) is 0 Å². The standard InChI is InChI=1S/C3H7NO3S/c1-2(3(4)5)8(6)7/h2,8H,1H3,(H2,4,5). The normalized spacial score (nSPS) is 13.8. The molecular formula is C3H7NO3S. The van der Waals surface area contributed by atoms with Crippen LogP contribution in [0.4, 0.5) is 0 Å². The summed E-state index contributed by atoms with van der Waals surface area (Å²) in [4.78, 5) is 9.98. The number of thiol groups is 1. The third-order valence-electron chi connectivity index (χ3n) is 0.728. The smallest absolute Gasteiger partial charge is 0.235 e. The molecule has 0 spiro atoms. The molecule has 5 heteroatoms. The van der Waals surface area contributed by atoms with Crippen molar-refractivity contribution in [3.63, 3.8) is 0 Å². The lowest BCUT2D eigenvalue weighted by molar-refractivity contribution is -0.117. The van der Waals surface area contributed by atoms with E-state index in [-0.39, 0.29) is 0 Å². The van der Waals surface area contributed by atoms with E-state index in [9.17, 15) is 13.2 Å². The van der Waals surface area contributed by atoms with Crippen LogP contribution in [0.5, 0.6) is 0 Å². The summed E-state index contributed by atoms with van der Waals surface area (Å²) in [5.74, 6) is -0.805. The molecule has 0 aliphatic carbocycles. The molecule has 0 aliphatic rings. The number of hydrogen-bond acceptors (Lipinski definition) is 3. The zero-order valence-corrected chi connectivity index (χ0v) is 5.22. The van der Waals surface area contributed by atoms with Crippen molar-refractivity contribution in [3.8, 4) is 0 Å². The molecule has 8 heavy (non-hydrogen) atoms. The largest absolute Gasteiger partial charge is 0.369 e. The number of primary amides is 1. The molecule has 0 aromatic heterocycles. The van der Waals surface area contributed by atoms with Gasteiger partial charge in [0, 0.05) is 0 Å². The summed E-state index contributed by atoms with van der Waals surface area (Å²) in [7, 11) is -2.68. The van der Waals surface area contributed by atoms with Crippen LogP contribution in [0.1, 0.15) is 6.92 Å². The Bertz CT molecular complexity index is 154. The lowest BCUT2D eigenvalue weighted by Crippen LogP contribution is -2.26. The zero-order valence-electron chi connectivity index (χ0n) is 4.33. The first kappa shape index (κ1) is 7.42. The van der Waals surface area contributed by atoms with Crippen molar-refractivity contribution in [3.05, 3.63) is 0 Å². The summed E-state index contributed by atoms with van der Waals surface area (Å²) >= 11 is 0. The summed E-state index contributed by atoms with van der Waals surface area (Å²) in [5.41, 5.74) is 4.61. The van der Waals surface area contributed by atoms with Gasteiger partial charge in [0.15, 0.2) is 10.7 Å². The van der Waals surface area contributed by atoms with E-state index in [4.69, 9.17) is 0 Å². The van der Waals surface area contributed by atoms with Crippen LogP contribution in [-0.4, -0.2) is 19.6 Å². The second-order valence-electron chi connectivity index (χ2n) is 1.36. The third-order valence-corrected chi connectivity index (χ3v) is 1.61. The Morgan fingerprint density at radius 1 is 1.62 bits per heavy atom. The van der Waals surface area contributed by atoms with Crippen LogP contribution in [0.25, 0.3) is 0 Å². The van der Waals surface area contributed by atoms with Crippen LogP contribution < -0.4 is 5.73 Å². The SMILES string of the molecule is CC(C(N)=O)[SH](=O)=O. The third kappa shape index (κ3) is 1.92. The average molecular weight is 137 g/mol. The van der Waals surface area contributed by atoms with Crippen LogP contribution in [0, 0.1) is 0 Å². The highest BCUT2D eigenvalue weighted by molar-refractivity contribution is 7.74. The van der Waals surface area contributed by atoms with E-state index in [2.05, 4.69) is 5.73 Å². The lowest BCUT2D eigenvalue weighted by Gasteiger charge is -1.91. The van der Waals surface area contributed by atoms with Crippen molar-refractivity contribution in [1.29, 1.82) is 0 Å². The molecule has 1 atom stereocenters. The molecule has 0 aromatic rings. The molecule has 0 aromatic carbocycles. The van der Waals surface area contributed by atoms with Crippen LogP contribution >= 0.6 is 0 Å². The molecule has 2 N–H and O–H groups in total. The second kappa shape index (κ2) is 2.66. The van der Waals surface area contributed by atoms with Gasteiger partial charge in [-0.15, -0.1) is 0 Å². The quantitative estimate of drug-likeness (QED) is 0.453. The maximum Gasteiger partial charge on any atom is 0.235 e. The molecule has 0 fully saturated rings. The topological polar surface area (TPSA) is 77.2 Å². The van der Waals surface area contributed by atoms with Gasteiger partial charge in [-0.25, -0.2) is 8.42 Å². The first-order valence-corrected chi connectivity index (χ1v) is 3.23. The number of rotatable bonds is 2. The summed E-state index contributed by atoms with van der Waals surface area (Å²) < 4.78 is 19.8. The van der Waals surface area contributed by atoms with Gasteiger partial charge in [0.05, 0.1) is 0 Å². The fourth-order valence-electron chi connectivity index (χ4n) is 0.104. The second-order valence-corrected chi connectivity index (χ2v) is 2.71. The van der Waals surface area contributed by atoms with Crippen LogP contribution in [0.15, 0.2) is 0 Å². The van der Waals surface area contributed by atoms with Gasteiger partial charge in [-0.3, -0.25) is 4.79 Å². The minimum absolute atomic E-state index is 0.805. The van der Waals surface area contributed by atoms with Gasteiger partial charge >= 0.3 is 0 Å². The lowest BCUT2D eigenvalue weighted by atomic mass is 10.5. The Labute approximate surface area is 48.6 Å². The summed E-state index contributed by atoms with van der Waals surface area (Å²) in [6.07, 6.45) is 0. The van der Waals surface area contributed by atoms with Gasteiger partial charge in [0.2, 0.25) is 5.91 Å². The van der Waals surface area contributed by atoms with Crippen molar-refractivity contribution >= 4 is 16.6 Å². The van der Waals surface area contributed by atoms with E-state index < -0.39 is 21.9 Å². The maximum absolute atomic E-state index is 9.98. The molecule has 0 heterocycles. The molecule has 0 rings (SSSR count). The van der Waals surface area contributed by atoms with E-state index in [0.29, 0.717) is 0 Å². The Hall–Kier alpha value is -0.580. The first-order chi connectivity index (χ1) is 3.55. The van der Waals surface area contributed by atoms with Gasteiger partial charge in [-0.1, -0.05) is 0 Å². The van der Waals surface area contributed by atoms with Crippen molar-refractivity contribution < 1.29 is 13.2 Å². The van der Waals surface area contributed by atoms with Gasteiger partial charge < -0.3 is 5.73 Å². The van der Waals surface area contributed by atoms with Crippen LogP contribution in [-0.2, 0) is 15.5 Å². The monoisotopic (exact) mass is 137 g/mol. The van der Waals surface area contributed by atoms with Gasteiger partial charge in [-0.05, 0) is 6.92 Å². The molecule has 1 unspecified atom stereocenters. The van der Waals surface area contributed by atoms with E-state index in [1.54, 1.807) is 0 Å². The number of amides is 1. The highest BCUT2D eigenvalue weighted by atomic mass is 32.2. The number of hydrogen-bond donors (Lipinski definition) is 2. The maximum atomic E-state index is 9.98. The van der Waals surface area contributed by atoms with Gasteiger partial charge in [-0.2, -0.15) is 0 Å². The summed E-state index contributed by atoms with van der Waals surface area (Å²) in [5, 5.41) is -1.04. The average Bonchev–Trinajstić information content (AvgIpc) is 1.64. The molecule has 0 saturated heterocycles. The highest BCUT2D eigenvalue weighted by Crippen LogP contribution is 1.81. The molecule has 0 saturated carbocycles. The Balaban J connectivity index is 4.04. The highest BCUT2D eigenvalue weighted by Gasteiger charge is 2.09. The molecule has 0 radical (unpaired) electrons. The predicted molar refractivity (Wildman–Crippen MR) is 29.0 cm³/mol. The Kier molecular flexibility index (Phi) is 2.47. The van der Waals surface area contributed by atoms with E-state index in [1.165, 1.54) is 6.92 Å². The van der Waals surface area contributed by atoms with Gasteiger partial charge in [0.25, 0.3) is 0 Å². The number of carbonyl (C=O) groups excluding carboxylic acids is 1. The van der Waals surface area contributed by atoms with Crippen LogP contribution in [0.3, 0.4) is 0 Å². The fraction of sp³-hybridized carbons (Fsp3) is 0.667. The van der Waals surface area contributed by atoms with E-state index in [0.717, 1.165) is 0 Å². The fourth-order valence-corrected chi connectivity index (χ4v) is 0.312. The molecule has 48 valence electrons. The molecule has 4 nitrogen and oxygen atoms in total. The number of nitrogens with two attached hydrogens (primary N) is 1. The van der Waals surface area contributed by atoms with Crippen molar-refractivity contribution in [1.82, 2.24) is 0 Å². The van der Waals surface area contributed by atoms with Crippen molar-refractivity contribution in [2.24, 2.45) is 5.73 Å².